The first-order valence-corrected chi connectivity index (χ1v) is 7.89. The zero-order valence-electron chi connectivity index (χ0n) is 13.9. The van der Waals surface area contributed by atoms with Gasteiger partial charge >= 0.3 is 0 Å². The van der Waals surface area contributed by atoms with Crippen molar-refractivity contribution in [2.75, 3.05) is 45.3 Å². The van der Waals surface area contributed by atoms with E-state index in [4.69, 9.17) is 9.47 Å². The number of aromatic nitrogens is 1. The van der Waals surface area contributed by atoms with Crippen molar-refractivity contribution in [3.05, 3.63) is 48.2 Å². The Hall–Kier alpha value is -2.76. The minimum Gasteiger partial charge on any atom is -0.497 e. The number of carbonyl (C=O) groups excluding carboxylic acids is 1. The molecule has 0 spiro atoms. The summed E-state index contributed by atoms with van der Waals surface area (Å²) in [5, 5.41) is 0. The summed E-state index contributed by atoms with van der Waals surface area (Å²) in [7, 11) is 3.22. The molecule has 0 unspecified atom stereocenters. The fourth-order valence-corrected chi connectivity index (χ4v) is 2.77. The van der Waals surface area contributed by atoms with Gasteiger partial charge in [-0.15, -0.1) is 0 Å². The molecule has 6 nitrogen and oxygen atoms in total. The predicted molar refractivity (Wildman–Crippen MR) is 91.9 cm³/mol. The van der Waals surface area contributed by atoms with Crippen LogP contribution in [0.2, 0.25) is 0 Å². The van der Waals surface area contributed by atoms with E-state index < -0.39 is 0 Å². The Labute approximate surface area is 141 Å². The van der Waals surface area contributed by atoms with Crippen molar-refractivity contribution >= 4 is 11.6 Å². The normalized spacial score (nSPS) is 14.4. The van der Waals surface area contributed by atoms with Crippen LogP contribution in [0, 0.1) is 0 Å². The summed E-state index contributed by atoms with van der Waals surface area (Å²) in [6.45, 7) is 3.00. The second kappa shape index (κ2) is 7.21. The van der Waals surface area contributed by atoms with Crippen LogP contribution in [0.3, 0.4) is 0 Å². The van der Waals surface area contributed by atoms with Gasteiger partial charge < -0.3 is 19.3 Å². The van der Waals surface area contributed by atoms with Gasteiger partial charge in [0.2, 0.25) is 5.88 Å². The topological polar surface area (TPSA) is 54.9 Å². The summed E-state index contributed by atoms with van der Waals surface area (Å²) in [5.74, 6) is 1.37. The second-order valence-electron chi connectivity index (χ2n) is 5.57. The quantitative estimate of drug-likeness (QED) is 0.860. The molecule has 0 bridgehead atoms. The Kier molecular flexibility index (Phi) is 4.84. The summed E-state index contributed by atoms with van der Waals surface area (Å²) >= 11 is 0. The lowest BCUT2D eigenvalue weighted by Gasteiger charge is -2.36. The highest BCUT2D eigenvalue weighted by atomic mass is 16.5. The number of anilines is 1. The van der Waals surface area contributed by atoms with Gasteiger partial charge in [-0.2, -0.15) is 0 Å². The van der Waals surface area contributed by atoms with Crippen LogP contribution >= 0.6 is 0 Å². The lowest BCUT2D eigenvalue weighted by molar-refractivity contribution is 0.0746. The van der Waals surface area contributed by atoms with Gasteiger partial charge in [-0.05, 0) is 30.3 Å². The number of pyridine rings is 1. The van der Waals surface area contributed by atoms with E-state index in [0.29, 0.717) is 24.5 Å². The highest BCUT2D eigenvalue weighted by molar-refractivity contribution is 5.94. The van der Waals surface area contributed by atoms with E-state index in [0.717, 1.165) is 24.5 Å². The maximum absolute atomic E-state index is 12.5. The van der Waals surface area contributed by atoms with Crippen LogP contribution in [0.5, 0.6) is 11.6 Å². The first kappa shape index (κ1) is 16.1. The van der Waals surface area contributed by atoms with Crippen molar-refractivity contribution in [2.24, 2.45) is 0 Å². The number of hydrogen-bond donors (Lipinski definition) is 0. The molecule has 1 saturated heterocycles. The Morgan fingerprint density at radius 1 is 0.958 bits per heavy atom. The van der Waals surface area contributed by atoms with Crippen LogP contribution in [-0.4, -0.2) is 56.2 Å². The molecule has 6 heteroatoms. The number of ether oxygens (including phenoxy) is 2. The molecule has 0 saturated carbocycles. The van der Waals surface area contributed by atoms with Gasteiger partial charge in [0, 0.05) is 44.1 Å². The van der Waals surface area contributed by atoms with E-state index in [1.807, 2.05) is 29.2 Å². The fraction of sp³-hybridized carbons (Fsp3) is 0.333. The second-order valence-corrected chi connectivity index (χ2v) is 5.57. The van der Waals surface area contributed by atoms with Crippen molar-refractivity contribution in [3.8, 4) is 11.6 Å². The van der Waals surface area contributed by atoms with Crippen molar-refractivity contribution in [3.63, 3.8) is 0 Å². The Balaban J connectivity index is 1.60. The average molecular weight is 327 g/mol. The Morgan fingerprint density at radius 3 is 2.21 bits per heavy atom. The Morgan fingerprint density at radius 2 is 1.67 bits per heavy atom. The molecule has 3 rings (SSSR count). The molecule has 1 aliphatic rings. The number of rotatable bonds is 4. The lowest BCUT2D eigenvalue weighted by Crippen LogP contribution is -2.48. The molecule has 0 radical (unpaired) electrons. The summed E-state index contributed by atoms with van der Waals surface area (Å²) in [6.07, 6.45) is 1.57. The van der Waals surface area contributed by atoms with E-state index in [2.05, 4.69) is 9.88 Å². The largest absolute Gasteiger partial charge is 0.497 e. The van der Waals surface area contributed by atoms with Crippen molar-refractivity contribution in [1.82, 2.24) is 9.88 Å². The molecule has 1 fully saturated rings. The van der Waals surface area contributed by atoms with Crippen LogP contribution in [0.1, 0.15) is 10.4 Å². The molecule has 1 aromatic carbocycles. The summed E-state index contributed by atoms with van der Waals surface area (Å²) in [5.41, 5.74) is 1.74. The van der Waals surface area contributed by atoms with Gasteiger partial charge in [0.05, 0.1) is 19.8 Å². The summed E-state index contributed by atoms with van der Waals surface area (Å²) in [4.78, 5) is 20.8. The van der Waals surface area contributed by atoms with E-state index in [1.165, 1.54) is 0 Å². The standard InChI is InChI=1S/C18H21N3O3/c1-23-16-6-4-15(5-7-16)20-9-11-21(12-10-20)18(22)14-3-8-17(24-2)19-13-14/h3-8,13H,9-12H2,1-2H3. The highest BCUT2D eigenvalue weighted by Gasteiger charge is 2.22. The first-order chi connectivity index (χ1) is 11.7. The average Bonchev–Trinajstić information content (AvgIpc) is 2.68. The van der Waals surface area contributed by atoms with Crippen LogP contribution in [0.4, 0.5) is 5.69 Å². The van der Waals surface area contributed by atoms with Gasteiger partial charge in [-0.3, -0.25) is 4.79 Å². The predicted octanol–water partition coefficient (Wildman–Crippen LogP) is 2.06. The van der Waals surface area contributed by atoms with Crippen LogP contribution in [0.15, 0.2) is 42.6 Å². The van der Waals surface area contributed by atoms with E-state index in [-0.39, 0.29) is 5.91 Å². The molecule has 1 amide bonds. The zero-order valence-corrected chi connectivity index (χ0v) is 13.9. The molecule has 1 aliphatic heterocycles. The molecule has 1 aromatic heterocycles. The molecule has 0 N–H and O–H groups in total. The van der Waals surface area contributed by atoms with Crippen molar-refractivity contribution in [1.29, 1.82) is 0 Å². The van der Waals surface area contributed by atoms with Crippen molar-refractivity contribution < 1.29 is 14.3 Å². The van der Waals surface area contributed by atoms with Crippen LogP contribution in [-0.2, 0) is 0 Å². The smallest absolute Gasteiger partial charge is 0.255 e. The van der Waals surface area contributed by atoms with Crippen molar-refractivity contribution in [2.45, 2.75) is 0 Å². The highest BCUT2D eigenvalue weighted by Crippen LogP contribution is 2.21. The number of piperazine rings is 1. The molecule has 0 atom stereocenters. The maximum Gasteiger partial charge on any atom is 0.255 e. The zero-order chi connectivity index (χ0) is 16.9. The summed E-state index contributed by atoms with van der Waals surface area (Å²) in [6, 6.07) is 11.5. The minimum absolute atomic E-state index is 0.0135. The number of nitrogens with zero attached hydrogens (tertiary/aromatic N) is 3. The molecule has 24 heavy (non-hydrogen) atoms. The van der Waals surface area contributed by atoms with E-state index in [9.17, 15) is 4.79 Å². The summed E-state index contributed by atoms with van der Waals surface area (Å²) < 4.78 is 10.2. The third-order valence-corrected chi connectivity index (χ3v) is 4.20. The molecule has 2 heterocycles. The third kappa shape index (κ3) is 3.42. The fourth-order valence-electron chi connectivity index (χ4n) is 2.77. The molecule has 126 valence electrons. The number of benzene rings is 1. The Bertz CT molecular complexity index is 678. The molecule has 0 aliphatic carbocycles. The van der Waals surface area contributed by atoms with Gasteiger partial charge in [0.25, 0.3) is 5.91 Å². The minimum atomic E-state index is 0.0135. The van der Waals surface area contributed by atoms with Gasteiger partial charge in [-0.25, -0.2) is 4.98 Å². The van der Waals surface area contributed by atoms with E-state index >= 15 is 0 Å². The first-order valence-electron chi connectivity index (χ1n) is 7.89. The molecular weight excluding hydrogens is 306 g/mol. The molecule has 2 aromatic rings. The number of carbonyl (C=O) groups is 1. The monoisotopic (exact) mass is 327 g/mol. The SMILES string of the molecule is COc1ccc(N2CCN(C(=O)c3ccc(OC)nc3)CC2)cc1. The number of hydrogen-bond acceptors (Lipinski definition) is 5. The number of methoxy groups -OCH3 is 2. The third-order valence-electron chi connectivity index (χ3n) is 4.20. The van der Waals surface area contributed by atoms with Gasteiger partial charge in [0.15, 0.2) is 0 Å². The number of amides is 1. The molecular formula is C18H21N3O3. The van der Waals surface area contributed by atoms with Gasteiger partial charge in [-0.1, -0.05) is 0 Å². The maximum atomic E-state index is 12.5. The van der Waals surface area contributed by atoms with Crippen LogP contribution < -0.4 is 14.4 Å². The lowest BCUT2D eigenvalue weighted by atomic mass is 10.2. The van der Waals surface area contributed by atoms with Gasteiger partial charge in [0.1, 0.15) is 5.75 Å². The van der Waals surface area contributed by atoms with Crippen LogP contribution in [0.25, 0.3) is 0 Å². The van der Waals surface area contributed by atoms with E-state index in [1.54, 1.807) is 32.5 Å².